The van der Waals surface area contributed by atoms with Gasteiger partial charge in [-0.05, 0) is 54.9 Å². The van der Waals surface area contributed by atoms with Gasteiger partial charge < -0.3 is 9.13 Å². The Labute approximate surface area is 260 Å². The van der Waals surface area contributed by atoms with Crippen LogP contribution in [0.4, 0.5) is 0 Å². The number of nitrogens with zero attached hydrogens (tertiary/aromatic N) is 3. The molecule has 6 aromatic rings. The van der Waals surface area contributed by atoms with Gasteiger partial charge in [-0.2, -0.15) is 0 Å². The molecule has 220 valence electrons. The molecule has 0 N–H and O–H groups in total. The molecule has 0 bridgehead atoms. The first-order valence-electron chi connectivity index (χ1n) is 16.0. The molecule has 0 spiro atoms. The van der Waals surface area contributed by atoms with E-state index in [9.17, 15) is 4.79 Å². The molecule has 0 unspecified atom stereocenters. The Balaban J connectivity index is 1.24. The number of hydrogen-bond donors (Lipinski definition) is 0. The van der Waals surface area contributed by atoms with E-state index in [1.165, 1.54) is 31.2 Å². The van der Waals surface area contributed by atoms with Gasteiger partial charge in [0, 0.05) is 41.3 Å². The SMILES string of the molecule is Cc1c(CCC(=O)c2cn(CC3CCCC3)c3ccccc23)ncn1C(c1ccccc1)(c1ccccc1)c1ccccc1. The Hall–Kier alpha value is -4.70. The molecule has 0 radical (unpaired) electrons. The van der Waals surface area contributed by atoms with Gasteiger partial charge in [0.15, 0.2) is 5.78 Å². The number of para-hydroxylation sites is 1. The lowest BCUT2D eigenvalue weighted by Gasteiger charge is -2.38. The van der Waals surface area contributed by atoms with E-state index in [4.69, 9.17) is 4.98 Å². The summed E-state index contributed by atoms with van der Waals surface area (Å²) >= 11 is 0. The number of imidazole rings is 1. The number of Topliss-reactive ketones (excluding diaryl/α,β-unsaturated/α-hetero) is 1. The Morgan fingerprint density at radius 2 is 1.32 bits per heavy atom. The van der Waals surface area contributed by atoms with E-state index in [0.717, 1.165) is 45.6 Å². The van der Waals surface area contributed by atoms with Crippen LogP contribution in [-0.2, 0) is 18.5 Å². The molecule has 0 saturated heterocycles. The van der Waals surface area contributed by atoms with Gasteiger partial charge in [0.2, 0.25) is 0 Å². The molecule has 1 aliphatic rings. The van der Waals surface area contributed by atoms with Crippen molar-refractivity contribution in [2.75, 3.05) is 0 Å². The lowest BCUT2D eigenvalue weighted by Crippen LogP contribution is -2.38. The highest BCUT2D eigenvalue weighted by atomic mass is 16.1. The second-order valence-corrected chi connectivity index (χ2v) is 12.2. The highest BCUT2D eigenvalue weighted by molar-refractivity contribution is 6.08. The summed E-state index contributed by atoms with van der Waals surface area (Å²) in [6.07, 6.45) is 10.3. The molecule has 0 amide bonds. The number of rotatable bonds is 10. The second kappa shape index (κ2) is 12.1. The zero-order valence-corrected chi connectivity index (χ0v) is 25.4. The molecule has 1 saturated carbocycles. The summed E-state index contributed by atoms with van der Waals surface area (Å²) in [5.41, 5.74) is 6.90. The van der Waals surface area contributed by atoms with E-state index in [0.29, 0.717) is 18.8 Å². The fourth-order valence-electron chi connectivity index (χ4n) is 7.44. The van der Waals surface area contributed by atoms with Gasteiger partial charge in [0.05, 0.1) is 12.0 Å². The van der Waals surface area contributed by atoms with Gasteiger partial charge in [-0.25, -0.2) is 4.98 Å². The van der Waals surface area contributed by atoms with Crippen LogP contribution in [0.5, 0.6) is 0 Å². The van der Waals surface area contributed by atoms with Crippen molar-refractivity contribution in [1.82, 2.24) is 14.1 Å². The molecule has 4 aromatic carbocycles. The molecule has 44 heavy (non-hydrogen) atoms. The summed E-state index contributed by atoms with van der Waals surface area (Å²) in [5.74, 6) is 0.889. The molecule has 2 aromatic heterocycles. The van der Waals surface area contributed by atoms with E-state index in [2.05, 4.69) is 131 Å². The number of fused-ring (bicyclic) bond motifs is 1. The molecule has 2 heterocycles. The number of carbonyl (C=O) groups is 1. The molecule has 4 nitrogen and oxygen atoms in total. The first kappa shape index (κ1) is 28.1. The van der Waals surface area contributed by atoms with Crippen LogP contribution in [0.1, 0.15) is 70.5 Å². The summed E-state index contributed by atoms with van der Waals surface area (Å²) in [5, 5.41) is 1.06. The fourth-order valence-corrected chi connectivity index (χ4v) is 7.44. The zero-order chi connectivity index (χ0) is 29.9. The van der Waals surface area contributed by atoms with Crippen LogP contribution in [0.15, 0.2) is 128 Å². The average molecular weight is 578 g/mol. The molecule has 1 fully saturated rings. The molecule has 0 aliphatic heterocycles. The molecule has 7 rings (SSSR count). The topological polar surface area (TPSA) is 39.8 Å². The highest BCUT2D eigenvalue weighted by Gasteiger charge is 2.39. The first-order valence-corrected chi connectivity index (χ1v) is 16.0. The minimum atomic E-state index is -0.614. The van der Waals surface area contributed by atoms with Crippen molar-refractivity contribution in [3.05, 3.63) is 161 Å². The van der Waals surface area contributed by atoms with E-state index >= 15 is 0 Å². The van der Waals surface area contributed by atoms with E-state index < -0.39 is 5.54 Å². The van der Waals surface area contributed by atoms with Crippen molar-refractivity contribution in [3.8, 4) is 0 Å². The van der Waals surface area contributed by atoms with Crippen LogP contribution in [0.2, 0.25) is 0 Å². The van der Waals surface area contributed by atoms with Crippen LogP contribution in [0.3, 0.4) is 0 Å². The summed E-state index contributed by atoms with van der Waals surface area (Å²) < 4.78 is 4.63. The predicted molar refractivity (Wildman–Crippen MR) is 178 cm³/mol. The molecule has 4 heteroatoms. The van der Waals surface area contributed by atoms with Crippen molar-refractivity contribution in [2.24, 2.45) is 5.92 Å². The van der Waals surface area contributed by atoms with Crippen molar-refractivity contribution in [1.29, 1.82) is 0 Å². The van der Waals surface area contributed by atoms with E-state index in [1.54, 1.807) is 0 Å². The van der Waals surface area contributed by atoms with Crippen LogP contribution >= 0.6 is 0 Å². The average Bonchev–Trinajstić information content (AvgIpc) is 3.82. The van der Waals surface area contributed by atoms with E-state index in [-0.39, 0.29) is 5.78 Å². The minimum Gasteiger partial charge on any atom is -0.346 e. The number of ketones is 1. The fraction of sp³-hybridized carbons (Fsp3) is 0.250. The molecular weight excluding hydrogens is 538 g/mol. The standard InChI is InChI=1S/C40H39N3O/c1-30-37(25-26-39(44)36-28-42(27-31-15-11-12-16-31)38-24-14-13-23-35(36)38)41-29-43(30)40(32-17-5-2-6-18-32,33-19-7-3-8-20-33)34-21-9-4-10-22-34/h2-10,13-14,17-24,28-29,31H,11-12,15-16,25-27H2,1H3. The van der Waals surface area contributed by atoms with Gasteiger partial charge in [-0.1, -0.05) is 122 Å². The monoisotopic (exact) mass is 577 g/mol. The lowest BCUT2D eigenvalue weighted by atomic mass is 9.76. The second-order valence-electron chi connectivity index (χ2n) is 12.2. The maximum absolute atomic E-state index is 13.8. The molecular formula is C40H39N3O. The summed E-state index contributed by atoms with van der Waals surface area (Å²) in [7, 11) is 0. The van der Waals surface area contributed by atoms with Crippen molar-refractivity contribution in [3.63, 3.8) is 0 Å². The van der Waals surface area contributed by atoms with Crippen LogP contribution in [-0.4, -0.2) is 19.9 Å². The third-order valence-electron chi connectivity index (χ3n) is 9.65. The van der Waals surface area contributed by atoms with Gasteiger partial charge >= 0.3 is 0 Å². The Bertz CT molecular complexity index is 1770. The number of aryl methyl sites for hydroxylation is 1. The number of aromatic nitrogens is 3. The van der Waals surface area contributed by atoms with Crippen LogP contribution < -0.4 is 0 Å². The maximum atomic E-state index is 13.8. The van der Waals surface area contributed by atoms with Gasteiger partial charge in [0.25, 0.3) is 0 Å². The van der Waals surface area contributed by atoms with Crippen molar-refractivity contribution in [2.45, 2.75) is 57.5 Å². The minimum absolute atomic E-state index is 0.181. The van der Waals surface area contributed by atoms with Crippen LogP contribution in [0.25, 0.3) is 10.9 Å². The lowest BCUT2D eigenvalue weighted by molar-refractivity contribution is 0.0984. The third-order valence-corrected chi connectivity index (χ3v) is 9.65. The highest BCUT2D eigenvalue weighted by Crippen LogP contribution is 2.42. The number of carbonyl (C=O) groups excluding carboxylic acids is 1. The van der Waals surface area contributed by atoms with Crippen molar-refractivity contribution < 1.29 is 4.79 Å². The Morgan fingerprint density at radius 3 is 1.91 bits per heavy atom. The van der Waals surface area contributed by atoms with Crippen molar-refractivity contribution >= 4 is 16.7 Å². The Kier molecular flexibility index (Phi) is 7.74. The van der Waals surface area contributed by atoms with Gasteiger partial charge in [0.1, 0.15) is 5.54 Å². The molecule has 1 aliphatic carbocycles. The van der Waals surface area contributed by atoms with E-state index in [1.807, 2.05) is 12.4 Å². The first-order chi connectivity index (χ1) is 21.7. The zero-order valence-electron chi connectivity index (χ0n) is 25.4. The maximum Gasteiger partial charge on any atom is 0.165 e. The normalized spacial score (nSPS) is 13.9. The quantitative estimate of drug-likeness (QED) is 0.120. The van der Waals surface area contributed by atoms with Crippen LogP contribution in [0, 0.1) is 12.8 Å². The molecule has 0 atom stereocenters. The predicted octanol–water partition coefficient (Wildman–Crippen LogP) is 8.99. The summed E-state index contributed by atoms with van der Waals surface area (Å²) in [4.78, 5) is 18.8. The number of hydrogen-bond acceptors (Lipinski definition) is 2. The van der Waals surface area contributed by atoms with Gasteiger partial charge in [-0.15, -0.1) is 0 Å². The smallest absolute Gasteiger partial charge is 0.165 e. The third kappa shape index (κ3) is 4.98. The summed E-state index contributed by atoms with van der Waals surface area (Å²) in [6, 6.07) is 40.4. The largest absolute Gasteiger partial charge is 0.346 e. The summed E-state index contributed by atoms with van der Waals surface area (Å²) in [6.45, 7) is 3.14. The number of benzene rings is 4. The van der Waals surface area contributed by atoms with Gasteiger partial charge in [-0.3, -0.25) is 4.79 Å². The Morgan fingerprint density at radius 1 is 0.773 bits per heavy atom.